The first-order valence-electron chi connectivity index (χ1n) is 5.99. The minimum atomic E-state index is -0.772. The second-order valence-corrected chi connectivity index (χ2v) is 4.19. The Balaban J connectivity index is 2.51. The number of hydrogen-bond donors (Lipinski definition) is 1. The minimum Gasteiger partial charge on any atom is -0.480 e. The Bertz CT molecular complexity index is 341. The molecule has 0 aliphatic carbocycles. The molecular weight excluding hydrogens is 216 g/mol. The van der Waals surface area contributed by atoms with Crippen molar-refractivity contribution in [3.63, 3.8) is 0 Å². The molecule has 4 heteroatoms. The summed E-state index contributed by atoms with van der Waals surface area (Å²) in [6.07, 6.45) is 3.51. The van der Waals surface area contributed by atoms with Crippen molar-refractivity contribution in [2.75, 3.05) is 13.1 Å². The number of hydrogen-bond acceptors (Lipinski definition) is 3. The third kappa shape index (κ3) is 4.95. The van der Waals surface area contributed by atoms with Crippen molar-refractivity contribution in [1.29, 1.82) is 0 Å². The van der Waals surface area contributed by atoms with Gasteiger partial charge in [-0.1, -0.05) is 13.0 Å². The summed E-state index contributed by atoms with van der Waals surface area (Å²) in [5.41, 5.74) is 1.01. The lowest BCUT2D eigenvalue weighted by molar-refractivity contribution is -0.138. The van der Waals surface area contributed by atoms with E-state index in [0.717, 1.165) is 25.1 Å². The van der Waals surface area contributed by atoms with E-state index in [1.165, 1.54) is 0 Å². The zero-order chi connectivity index (χ0) is 12.7. The van der Waals surface area contributed by atoms with E-state index in [4.69, 9.17) is 5.11 Å². The van der Waals surface area contributed by atoms with Crippen LogP contribution in [0.15, 0.2) is 24.4 Å². The fourth-order valence-corrected chi connectivity index (χ4v) is 1.69. The lowest BCUT2D eigenvalue weighted by atomic mass is 10.2. The zero-order valence-electron chi connectivity index (χ0n) is 10.5. The van der Waals surface area contributed by atoms with Crippen molar-refractivity contribution in [3.05, 3.63) is 30.1 Å². The lowest BCUT2D eigenvalue weighted by Gasteiger charge is -2.26. The van der Waals surface area contributed by atoms with Crippen LogP contribution in [0.2, 0.25) is 0 Å². The van der Waals surface area contributed by atoms with Crippen molar-refractivity contribution >= 4 is 5.97 Å². The molecule has 1 heterocycles. The van der Waals surface area contributed by atoms with Gasteiger partial charge in [0.25, 0.3) is 0 Å². The third-order valence-electron chi connectivity index (χ3n) is 2.93. The van der Waals surface area contributed by atoms with Crippen LogP contribution in [0.3, 0.4) is 0 Å². The van der Waals surface area contributed by atoms with E-state index in [-0.39, 0.29) is 12.6 Å². The zero-order valence-corrected chi connectivity index (χ0v) is 10.5. The molecular formula is C13H20N2O2. The van der Waals surface area contributed by atoms with Crippen molar-refractivity contribution in [3.8, 4) is 0 Å². The van der Waals surface area contributed by atoms with E-state index in [1.54, 1.807) is 6.20 Å². The molecule has 0 saturated carbocycles. The highest BCUT2D eigenvalue weighted by atomic mass is 16.4. The molecule has 4 nitrogen and oxygen atoms in total. The molecule has 0 amide bonds. The Kier molecular flexibility index (Phi) is 5.63. The molecule has 0 aliphatic rings. The van der Waals surface area contributed by atoms with Crippen LogP contribution in [0.4, 0.5) is 0 Å². The first kappa shape index (κ1) is 13.6. The van der Waals surface area contributed by atoms with E-state index >= 15 is 0 Å². The van der Waals surface area contributed by atoms with Gasteiger partial charge in [-0.25, -0.2) is 0 Å². The van der Waals surface area contributed by atoms with Gasteiger partial charge in [-0.2, -0.15) is 0 Å². The van der Waals surface area contributed by atoms with E-state index in [0.29, 0.717) is 0 Å². The van der Waals surface area contributed by atoms with Crippen LogP contribution in [-0.4, -0.2) is 40.1 Å². The third-order valence-corrected chi connectivity index (χ3v) is 2.93. The number of carboxylic acids is 1. The summed E-state index contributed by atoms with van der Waals surface area (Å²) < 4.78 is 0. The van der Waals surface area contributed by atoms with Crippen LogP contribution >= 0.6 is 0 Å². The van der Waals surface area contributed by atoms with Crippen molar-refractivity contribution < 1.29 is 9.90 Å². The number of rotatable bonds is 7. The predicted molar refractivity (Wildman–Crippen MR) is 66.9 cm³/mol. The summed E-state index contributed by atoms with van der Waals surface area (Å²) in [6, 6.07) is 6.09. The quantitative estimate of drug-likeness (QED) is 0.784. The minimum absolute atomic E-state index is 0.0990. The Hall–Kier alpha value is -1.42. The summed E-state index contributed by atoms with van der Waals surface area (Å²) in [5.74, 6) is -0.772. The van der Waals surface area contributed by atoms with E-state index in [9.17, 15) is 4.79 Å². The van der Waals surface area contributed by atoms with Crippen LogP contribution in [0.25, 0.3) is 0 Å². The summed E-state index contributed by atoms with van der Waals surface area (Å²) in [7, 11) is 0. The number of carboxylic acid groups (broad SMARTS) is 1. The highest BCUT2D eigenvalue weighted by molar-refractivity contribution is 5.69. The van der Waals surface area contributed by atoms with Gasteiger partial charge in [0.1, 0.15) is 0 Å². The Morgan fingerprint density at radius 2 is 2.29 bits per heavy atom. The average molecular weight is 236 g/mol. The Labute approximate surface area is 102 Å². The molecule has 1 unspecified atom stereocenters. The standard InChI is InChI=1S/C13H20N2O2/c1-3-11(2)15(10-13(16)17)9-7-12-6-4-5-8-14-12/h4-6,8,11H,3,7,9-10H2,1-2H3,(H,16,17). The molecule has 1 rings (SSSR count). The molecule has 0 fully saturated rings. The van der Waals surface area contributed by atoms with Crippen LogP contribution in [0, 0.1) is 0 Å². The molecule has 0 bridgehead atoms. The smallest absolute Gasteiger partial charge is 0.317 e. The van der Waals surface area contributed by atoms with Crippen molar-refractivity contribution in [2.24, 2.45) is 0 Å². The summed E-state index contributed by atoms with van der Waals surface area (Å²) >= 11 is 0. The van der Waals surface area contributed by atoms with E-state index in [1.807, 2.05) is 23.1 Å². The molecule has 0 saturated heterocycles. The van der Waals surface area contributed by atoms with E-state index in [2.05, 4.69) is 18.8 Å². The summed E-state index contributed by atoms with van der Waals surface area (Å²) in [5, 5.41) is 8.87. The normalized spacial score (nSPS) is 12.6. The maximum absolute atomic E-state index is 10.8. The average Bonchev–Trinajstić information content (AvgIpc) is 2.34. The van der Waals surface area contributed by atoms with Gasteiger partial charge < -0.3 is 5.11 Å². The maximum atomic E-state index is 10.8. The number of aliphatic carboxylic acids is 1. The number of carbonyl (C=O) groups is 1. The van der Waals surface area contributed by atoms with Gasteiger partial charge in [0.2, 0.25) is 0 Å². The lowest BCUT2D eigenvalue weighted by Crippen LogP contribution is -2.38. The van der Waals surface area contributed by atoms with Gasteiger partial charge in [0.05, 0.1) is 6.54 Å². The fourth-order valence-electron chi connectivity index (χ4n) is 1.69. The van der Waals surface area contributed by atoms with Gasteiger partial charge in [0, 0.05) is 30.9 Å². The fraction of sp³-hybridized carbons (Fsp3) is 0.538. The number of aromatic nitrogens is 1. The first-order chi connectivity index (χ1) is 8.13. The largest absolute Gasteiger partial charge is 0.480 e. The van der Waals surface area contributed by atoms with Crippen molar-refractivity contribution in [2.45, 2.75) is 32.7 Å². The second kappa shape index (κ2) is 7.01. The molecule has 0 spiro atoms. The van der Waals surface area contributed by atoms with Gasteiger partial charge in [0.15, 0.2) is 0 Å². The van der Waals surface area contributed by atoms with Crippen LogP contribution in [-0.2, 0) is 11.2 Å². The molecule has 1 N–H and O–H groups in total. The topological polar surface area (TPSA) is 53.4 Å². The van der Waals surface area contributed by atoms with Crippen molar-refractivity contribution in [1.82, 2.24) is 9.88 Å². The van der Waals surface area contributed by atoms with Gasteiger partial charge in [-0.05, 0) is 25.5 Å². The molecule has 1 atom stereocenters. The van der Waals surface area contributed by atoms with Crippen LogP contribution in [0.5, 0.6) is 0 Å². The van der Waals surface area contributed by atoms with Gasteiger partial charge in [-0.3, -0.25) is 14.7 Å². The highest BCUT2D eigenvalue weighted by Gasteiger charge is 2.15. The molecule has 0 aliphatic heterocycles. The second-order valence-electron chi connectivity index (χ2n) is 4.19. The Morgan fingerprint density at radius 3 is 2.82 bits per heavy atom. The first-order valence-corrected chi connectivity index (χ1v) is 5.99. The SMILES string of the molecule is CCC(C)N(CCc1ccccn1)CC(=O)O. The summed E-state index contributed by atoms with van der Waals surface area (Å²) in [4.78, 5) is 17.0. The number of pyridine rings is 1. The molecule has 94 valence electrons. The Morgan fingerprint density at radius 1 is 1.53 bits per heavy atom. The van der Waals surface area contributed by atoms with Gasteiger partial charge in [-0.15, -0.1) is 0 Å². The molecule has 0 aromatic carbocycles. The van der Waals surface area contributed by atoms with Crippen LogP contribution in [0.1, 0.15) is 26.0 Å². The number of nitrogens with zero attached hydrogens (tertiary/aromatic N) is 2. The summed E-state index contributed by atoms with van der Waals surface area (Å²) in [6.45, 7) is 4.96. The van der Waals surface area contributed by atoms with Gasteiger partial charge >= 0.3 is 5.97 Å². The van der Waals surface area contributed by atoms with Crippen LogP contribution < -0.4 is 0 Å². The molecule has 1 aromatic rings. The predicted octanol–water partition coefficient (Wildman–Crippen LogP) is 1.81. The molecule has 17 heavy (non-hydrogen) atoms. The highest BCUT2D eigenvalue weighted by Crippen LogP contribution is 2.05. The monoisotopic (exact) mass is 236 g/mol. The molecule has 1 aromatic heterocycles. The maximum Gasteiger partial charge on any atom is 0.317 e. The molecule has 0 radical (unpaired) electrons. The van der Waals surface area contributed by atoms with E-state index < -0.39 is 5.97 Å².